The van der Waals surface area contributed by atoms with Crippen molar-refractivity contribution in [3.63, 3.8) is 0 Å². The van der Waals surface area contributed by atoms with E-state index in [1.807, 2.05) is 23.1 Å². The van der Waals surface area contributed by atoms with E-state index < -0.39 is 0 Å². The predicted molar refractivity (Wildman–Crippen MR) is 87.6 cm³/mol. The fraction of sp³-hybridized carbons (Fsp3) is 0.353. The number of hydrogen-bond donors (Lipinski definition) is 0. The number of carbonyl (C=O) groups is 1. The van der Waals surface area contributed by atoms with Crippen LogP contribution in [0.25, 0.3) is 0 Å². The summed E-state index contributed by atoms with van der Waals surface area (Å²) in [5.41, 5.74) is 0.442. The Morgan fingerprint density at radius 3 is 2.70 bits per heavy atom. The number of nitrogens with zero attached hydrogens (tertiary/aromatic N) is 3. The van der Waals surface area contributed by atoms with Gasteiger partial charge in [-0.3, -0.25) is 4.79 Å². The quantitative estimate of drug-likeness (QED) is 0.864. The van der Waals surface area contributed by atoms with E-state index >= 15 is 0 Å². The fourth-order valence-corrected chi connectivity index (χ4v) is 2.71. The van der Waals surface area contributed by atoms with Gasteiger partial charge in [-0.15, -0.1) is 0 Å². The van der Waals surface area contributed by atoms with Gasteiger partial charge in [0.1, 0.15) is 5.69 Å². The number of amides is 1. The van der Waals surface area contributed by atoms with Crippen molar-refractivity contribution >= 4 is 17.5 Å². The first-order valence-corrected chi connectivity index (χ1v) is 8.05. The fourth-order valence-electron chi connectivity index (χ4n) is 2.60. The molecule has 0 saturated carbocycles. The zero-order valence-corrected chi connectivity index (χ0v) is 13.4. The molecule has 3 heterocycles. The molecule has 0 spiro atoms. The first kappa shape index (κ1) is 15.7. The molecule has 1 saturated heterocycles. The molecular formula is C17H18ClN3O2. The zero-order chi connectivity index (χ0) is 16.1. The van der Waals surface area contributed by atoms with E-state index in [2.05, 4.69) is 9.97 Å². The number of aromatic nitrogens is 2. The average molecular weight is 332 g/mol. The van der Waals surface area contributed by atoms with Crippen LogP contribution in [0.3, 0.4) is 0 Å². The second-order valence-electron chi connectivity index (χ2n) is 5.58. The van der Waals surface area contributed by atoms with Crippen molar-refractivity contribution in [1.82, 2.24) is 14.9 Å². The monoisotopic (exact) mass is 331 g/mol. The minimum atomic E-state index is -0.0363. The summed E-state index contributed by atoms with van der Waals surface area (Å²) in [6.07, 6.45) is 5.07. The number of hydrogen-bond acceptors (Lipinski definition) is 4. The highest BCUT2D eigenvalue weighted by Gasteiger charge is 2.24. The number of carbonyl (C=O) groups excluding carboxylic acids is 1. The average Bonchev–Trinajstić information content (AvgIpc) is 2.61. The van der Waals surface area contributed by atoms with E-state index in [1.165, 1.54) is 6.20 Å². The third-order valence-electron chi connectivity index (χ3n) is 3.95. The molecule has 1 aliphatic rings. The second kappa shape index (κ2) is 7.42. The molecule has 2 aromatic rings. The van der Waals surface area contributed by atoms with Gasteiger partial charge >= 0.3 is 0 Å². The lowest BCUT2D eigenvalue weighted by Crippen LogP contribution is -2.40. The van der Waals surface area contributed by atoms with Crippen molar-refractivity contribution in [3.05, 3.63) is 53.4 Å². The summed E-state index contributed by atoms with van der Waals surface area (Å²) in [7, 11) is 0. The van der Waals surface area contributed by atoms with E-state index in [9.17, 15) is 4.79 Å². The van der Waals surface area contributed by atoms with E-state index in [0.29, 0.717) is 29.1 Å². The van der Waals surface area contributed by atoms with E-state index in [4.69, 9.17) is 16.3 Å². The highest BCUT2D eigenvalue weighted by Crippen LogP contribution is 2.20. The van der Waals surface area contributed by atoms with Gasteiger partial charge in [-0.1, -0.05) is 17.7 Å². The summed E-state index contributed by atoms with van der Waals surface area (Å²) in [6, 6.07) is 8.98. The van der Waals surface area contributed by atoms with Crippen molar-refractivity contribution in [1.29, 1.82) is 0 Å². The summed E-state index contributed by atoms with van der Waals surface area (Å²) in [4.78, 5) is 22.5. The molecule has 0 N–H and O–H groups in total. The van der Waals surface area contributed by atoms with Crippen LogP contribution in [0, 0.1) is 5.92 Å². The number of halogens is 1. The maximum Gasteiger partial charge on any atom is 0.272 e. The Bertz CT molecular complexity index is 641. The number of ether oxygens (including phenoxy) is 1. The molecule has 0 aliphatic carbocycles. The van der Waals surface area contributed by atoms with Crippen LogP contribution in [0.5, 0.6) is 5.88 Å². The molecule has 5 nitrogen and oxygen atoms in total. The Labute approximate surface area is 140 Å². The predicted octanol–water partition coefficient (Wildman–Crippen LogP) is 3.06. The minimum absolute atomic E-state index is 0.0363. The van der Waals surface area contributed by atoms with E-state index in [-0.39, 0.29) is 5.91 Å². The third kappa shape index (κ3) is 4.20. The molecule has 23 heavy (non-hydrogen) atoms. The molecule has 6 heteroatoms. The van der Waals surface area contributed by atoms with Crippen LogP contribution >= 0.6 is 11.6 Å². The highest BCUT2D eigenvalue weighted by atomic mass is 35.5. The molecule has 0 atom stereocenters. The first-order valence-electron chi connectivity index (χ1n) is 7.67. The highest BCUT2D eigenvalue weighted by molar-refractivity contribution is 6.30. The van der Waals surface area contributed by atoms with Gasteiger partial charge in [-0.05, 0) is 37.0 Å². The molecule has 1 amide bonds. The largest absolute Gasteiger partial charge is 0.477 e. The van der Waals surface area contributed by atoms with Crippen molar-refractivity contribution in [3.8, 4) is 5.88 Å². The van der Waals surface area contributed by atoms with Crippen molar-refractivity contribution in [2.24, 2.45) is 5.92 Å². The lowest BCUT2D eigenvalue weighted by molar-refractivity contribution is 0.0653. The van der Waals surface area contributed by atoms with Gasteiger partial charge in [0.05, 0.1) is 11.6 Å². The zero-order valence-electron chi connectivity index (χ0n) is 12.7. The van der Waals surface area contributed by atoms with Crippen LogP contribution in [0.2, 0.25) is 5.02 Å². The van der Waals surface area contributed by atoms with Crippen LogP contribution in [0.15, 0.2) is 42.7 Å². The maximum absolute atomic E-state index is 12.4. The third-order valence-corrected chi connectivity index (χ3v) is 4.18. The van der Waals surface area contributed by atoms with Gasteiger partial charge in [0.2, 0.25) is 5.88 Å². The Morgan fingerprint density at radius 2 is 2.04 bits per heavy atom. The van der Waals surface area contributed by atoms with Crippen LogP contribution in [0.4, 0.5) is 0 Å². The Kier molecular flexibility index (Phi) is 5.08. The van der Waals surface area contributed by atoms with Crippen LogP contribution in [0.1, 0.15) is 23.3 Å². The van der Waals surface area contributed by atoms with Crippen LogP contribution in [-0.4, -0.2) is 40.5 Å². The standard InChI is InChI=1S/C17H18ClN3O2/c18-14-4-5-15(20-11-14)17(22)21-9-6-13(7-10-21)12-23-16-3-1-2-8-19-16/h1-5,8,11,13H,6-7,9-10,12H2. The van der Waals surface area contributed by atoms with Gasteiger partial charge < -0.3 is 9.64 Å². The normalized spacial score (nSPS) is 15.4. The van der Waals surface area contributed by atoms with Gasteiger partial charge in [-0.25, -0.2) is 9.97 Å². The molecule has 0 bridgehead atoms. The number of pyridine rings is 2. The van der Waals surface area contributed by atoms with Crippen LogP contribution in [-0.2, 0) is 0 Å². The number of likely N-dealkylation sites (tertiary alicyclic amines) is 1. The first-order chi connectivity index (χ1) is 11.2. The molecule has 120 valence electrons. The van der Waals surface area contributed by atoms with E-state index in [0.717, 1.165) is 25.9 Å². The number of piperidine rings is 1. The molecule has 0 aromatic carbocycles. The lowest BCUT2D eigenvalue weighted by atomic mass is 9.97. The molecule has 0 radical (unpaired) electrons. The van der Waals surface area contributed by atoms with Gasteiger partial charge in [-0.2, -0.15) is 0 Å². The Balaban J connectivity index is 1.48. The summed E-state index contributed by atoms with van der Waals surface area (Å²) < 4.78 is 5.70. The molecule has 2 aromatic heterocycles. The Hall–Kier alpha value is -2.14. The summed E-state index contributed by atoms with van der Waals surface area (Å²) >= 11 is 5.80. The summed E-state index contributed by atoms with van der Waals surface area (Å²) in [5.74, 6) is 1.06. The molecule has 1 aliphatic heterocycles. The molecule has 3 rings (SSSR count). The Morgan fingerprint density at radius 1 is 1.22 bits per heavy atom. The molecule has 1 fully saturated rings. The SMILES string of the molecule is O=C(c1ccc(Cl)cn1)N1CCC(COc2ccccn2)CC1. The summed E-state index contributed by atoms with van der Waals surface area (Å²) in [6.45, 7) is 2.08. The number of rotatable bonds is 4. The van der Waals surface area contributed by atoms with E-state index in [1.54, 1.807) is 18.3 Å². The maximum atomic E-state index is 12.4. The van der Waals surface area contributed by atoms with Crippen molar-refractivity contribution in [2.75, 3.05) is 19.7 Å². The molecular weight excluding hydrogens is 314 g/mol. The lowest BCUT2D eigenvalue weighted by Gasteiger charge is -2.31. The smallest absolute Gasteiger partial charge is 0.272 e. The van der Waals surface area contributed by atoms with Gasteiger partial charge in [0.25, 0.3) is 5.91 Å². The minimum Gasteiger partial charge on any atom is -0.477 e. The van der Waals surface area contributed by atoms with Gasteiger partial charge in [0.15, 0.2) is 0 Å². The topological polar surface area (TPSA) is 55.3 Å². The second-order valence-corrected chi connectivity index (χ2v) is 6.01. The molecule has 0 unspecified atom stereocenters. The van der Waals surface area contributed by atoms with Crippen LogP contribution < -0.4 is 4.74 Å². The van der Waals surface area contributed by atoms with Crippen molar-refractivity contribution in [2.45, 2.75) is 12.8 Å². The van der Waals surface area contributed by atoms with Gasteiger partial charge in [0, 0.05) is 31.5 Å². The van der Waals surface area contributed by atoms with Crippen molar-refractivity contribution < 1.29 is 9.53 Å². The summed E-state index contributed by atoms with van der Waals surface area (Å²) in [5, 5.41) is 0.534.